The van der Waals surface area contributed by atoms with Gasteiger partial charge in [-0.1, -0.05) is 59.3 Å². The summed E-state index contributed by atoms with van der Waals surface area (Å²) in [6.45, 7) is 6.45. The van der Waals surface area contributed by atoms with Crippen molar-refractivity contribution < 1.29 is 19.8 Å². The lowest BCUT2D eigenvalue weighted by Crippen LogP contribution is -2.50. The van der Waals surface area contributed by atoms with Gasteiger partial charge in [0, 0.05) is 0 Å². The molecular formula is C18H32O4. The number of carboxylic acids is 2. The van der Waals surface area contributed by atoms with Crippen LogP contribution in [0.5, 0.6) is 0 Å². The van der Waals surface area contributed by atoms with Crippen molar-refractivity contribution in [3.63, 3.8) is 0 Å². The molecule has 1 saturated carbocycles. The Morgan fingerprint density at radius 3 is 2.05 bits per heavy atom. The highest BCUT2D eigenvalue weighted by molar-refractivity contribution is 5.98. The number of carbonyl (C=O) groups is 2. The molecule has 1 rings (SSSR count). The van der Waals surface area contributed by atoms with Crippen LogP contribution < -0.4 is 0 Å². The van der Waals surface area contributed by atoms with Crippen LogP contribution in [-0.2, 0) is 9.59 Å². The summed E-state index contributed by atoms with van der Waals surface area (Å²) < 4.78 is 0. The molecule has 0 amide bonds. The Morgan fingerprint density at radius 2 is 1.59 bits per heavy atom. The molecule has 2 atom stereocenters. The molecule has 0 aromatic heterocycles. The molecule has 0 saturated heterocycles. The maximum atomic E-state index is 11.8. The molecule has 0 aromatic rings. The Morgan fingerprint density at radius 1 is 1.00 bits per heavy atom. The molecule has 0 aliphatic heterocycles. The third-order valence-corrected chi connectivity index (χ3v) is 5.93. The van der Waals surface area contributed by atoms with Crippen molar-refractivity contribution >= 4 is 11.9 Å². The second-order valence-electron chi connectivity index (χ2n) is 6.86. The SMILES string of the molecule is CCC(CC)CCC(CC)C1CCCCC1(C(=O)O)C(=O)O. The van der Waals surface area contributed by atoms with Gasteiger partial charge in [0.15, 0.2) is 5.41 Å². The van der Waals surface area contributed by atoms with Gasteiger partial charge in [0.1, 0.15) is 0 Å². The second kappa shape index (κ2) is 8.54. The molecule has 0 aromatic carbocycles. The van der Waals surface area contributed by atoms with E-state index in [2.05, 4.69) is 20.8 Å². The van der Waals surface area contributed by atoms with Gasteiger partial charge in [-0.05, 0) is 37.0 Å². The fourth-order valence-corrected chi connectivity index (χ4v) is 4.30. The number of aliphatic carboxylic acids is 2. The molecule has 0 bridgehead atoms. The van der Waals surface area contributed by atoms with Gasteiger partial charge in [0.2, 0.25) is 0 Å². The van der Waals surface area contributed by atoms with Crippen LogP contribution in [0.3, 0.4) is 0 Å². The zero-order valence-corrected chi connectivity index (χ0v) is 14.3. The van der Waals surface area contributed by atoms with E-state index in [1.54, 1.807) is 0 Å². The molecule has 0 spiro atoms. The Balaban J connectivity index is 2.95. The average Bonchev–Trinajstić information content (AvgIpc) is 2.51. The van der Waals surface area contributed by atoms with Crippen molar-refractivity contribution in [3.8, 4) is 0 Å². The molecule has 1 fully saturated rings. The monoisotopic (exact) mass is 312 g/mol. The summed E-state index contributed by atoms with van der Waals surface area (Å²) in [6, 6.07) is 0. The van der Waals surface area contributed by atoms with Gasteiger partial charge in [-0.3, -0.25) is 9.59 Å². The van der Waals surface area contributed by atoms with Gasteiger partial charge in [-0.25, -0.2) is 0 Å². The largest absolute Gasteiger partial charge is 0.480 e. The highest BCUT2D eigenvalue weighted by Crippen LogP contribution is 2.48. The van der Waals surface area contributed by atoms with E-state index in [1.165, 1.54) is 0 Å². The number of hydrogen-bond donors (Lipinski definition) is 2. The van der Waals surface area contributed by atoms with Crippen molar-refractivity contribution in [3.05, 3.63) is 0 Å². The van der Waals surface area contributed by atoms with Crippen LogP contribution in [0.4, 0.5) is 0 Å². The maximum absolute atomic E-state index is 11.8. The van der Waals surface area contributed by atoms with E-state index in [9.17, 15) is 19.8 Å². The van der Waals surface area contributed by atoms with Crippen molar-refractivity contribution in [2.45, 2.75) is 78.6 Å². The molecule has 4 nitrogen and oxygen atoms in total. The Kier molecular flexibility index (Phi) is 7.37. The third-order valence-electron chi connectivity index (χ3n) is 5.93. The lowest BCUT2D eigenvalue weighted by Gasteiger charge is -2.42. The number of carboxylic acid groups (broad SMARTS) is 2. The fraction of sp³-hybridized carbons (Fsp3) is 0.889. The van der Waals surface area contributed by atoms with Gasteiger partial charge in [-0.2, -0.15) is 0 Å². The predicted molar refractivity (Wildman–Crippen MR) is 86.7 cm³/mol. The topological polar surface area (TPSA) is 74.6 Å². The molecule has 0 radical (unpaired) electrons. The van der Waals surface area contributed by atoms with Gasteiger partial charge in [0.25, 0.3) is 0 Å². The highest BCUT2D eigenvalue weighted by atomic mass is 16.4. The quantitative estimate of drug-likeness (QED) is 0.611. The first-order valence-corrected chi connectivity index (χ1v) is 8.90. The minimum absolute atomic E-state index is 0.202. The van der Waals surface area contributed by atoms with Crippen LogP contribution in [0.25, 0.3) is 0 Å². The van der Waals surface area contributed by atoms with Crippen molar-refractivity contribution in [1.82, 2.24) is 0 Å². The lowest BCUT2D eigenvalue weighted by molar-refractivity contribution is -0.175. The van der Waals surface area contributed by atoms with Crippen molar-refractivity contribution in [2.24, 2.45) is 23.2 Å². The number of rotatable bonds is 9. The summed E-state index contributed by atoms with van der Waals surface area (Å²) in [5, 5.41) is 19.3. The summed E-state index contributed by atoms with van der Waals surface area (Å²) in [4.78, 5) is 23.6. The summed E-state index contributed by atoms with van der Waals surface area (Å²) in [6.07, 6.45) is 7.86. The maximum Gasteiger partial charge on any atom is 0.321 e. The van der Waals surface area contributed by atoms with Crippen LogP contribution in [0.2, 0.25) is 0 Å². The zero-order chi connectivity index (χ0) is 16.8. The van der Waals surface area contributed by atoms with Crippen molar-refractivity contribution in [2.75, 3.05) is 0 Å². The Labute approximate surface area is 134 Å². The fourth-order valence-electron chi connectivity index (χ4n) is 4.30. The summed E-state index contributed by atoms with van der Waals surface area (Å²) in [5.41, 5.74) is -1.56. The normalized spacial score (nSPS) is 22.5. The van der Waals surface area contributed by atoms with Gasteiger partial charge in [-0.15, -0.1) is 0 Å². The van der Waals surface area contributed by atoms with Gasteiger partial charge < -0.3 is 10.2 Å². The van der Waals surface area contributed by atoms with Gasteiger partial charge in [0.05, 0.1) is 0 Å². The Bertz CT molecular complexity index is 359. The minimum atomic E-state index is -1.56. The molecule has 0 heterocycles. The first-order chi connectivity index (χ1) is 10.4. The molecule has 1 aliphatic rings. The summed E-state index contributed by atoms with van der Waals surface area (Å²) >= 11 is 0. The third kappa shape index (κ3) is 3.82. The highest BCUT2D eigenvalue weighted by Gasteiger charge is 2.55. The number of hydrogen-bond acceptors (Lipinski definition) is 2. The average molecular weight is 312 g/mol. The first-order valence-electron chi connectivity index (χ1n) is 8.90. The molecular weight excluding hydrogens is 280 g/mol. The molecule has 2 N–H and O–H groups in total. The van der Waals surface area contributed by atoms with Crippen LogP contribution >= 0.6 is 0 Å². The molecule has 128 valence electrons. The van der Waals surface area contributed by atoms with E-state index in [1.807, 2.05) is 0 Å². The summed E-state index contributed by atoms with van der Waals surface area (Å²) in [7, 11) is 0. The lowest BCUT2D eigenvalue weighted by atomic mass is 9.60. The van der Waals surface area contributed by atoms with E-state index in [4.69, 9.17) is 0 Å². The minimum Gasteiger partial charge on any atom is -0.480 e. The zero-order valence-electron chi connectivity index (χ0n) is 14.3. The van der Waals surface area contributed by atoms with Crippen LogP contribution in [0, 0.1) is 23.2 Å². The van der Waals surface area contributed by atoms with Crippen LogP contribution in [0.1, 0.15) is 78.6 Å². The van der Waals surface area contributed by atoms with E-state index < -0.39 is 17.4 Å². The van der Waals surface area contributed by atoms with Crippen LogP contribution in [-0.4, -0.2) is 22.2 Å². The van der Waals surface area contributed by atoms with Crippen LogP contribution in [0.15, 0.2) is 0 Å². The Hall–Kier alpha value is -1.06. The van der Waals surface area contributed by atoms with E-state index in [0.717, 1.165) is 44.9 Å². The predicted octanol–water partition coefficient (Wildman–Crippen LogP) is 4.57. The van der Waals surface area contributed by atoms with E-state index in [0.29, 0.717) is 12.3 Å². The molecule has 4 heteroatoms. The molecule has 1 aliphatic carbocycles. The standard InChI is InChI=1S/C18H32O4/c1-4-13(5-2)10-11-14(6-3)15-9-7-8-12-18(15,16(19)20)17(21)22/h13-15H,4-12H2,1-3H3,(H,19,20)(H,21,22). The van der Waals surface area contributed by atoms with E-state index >= 15 is 0 Å². The molecule has 2 unspecified atom stereocenters. The summed E-state index contributed by atoms with van der Waals surface area (Å²) in [5.74, 6) is -1.62. The van der Waals surface area contributed by atoms with E-state index in [-0.39, 0.29) is 18.3 Å². The first kappa shape index (κ1) is 19.0. The van der Waals surface area contributed by atoms with Crippen molar-refractivity contribution in [1.29, 1.82) is 0 Å². The second-order valence-corrected chi connectivity index (χ2v) is 6.86. The molecule has 22 heavy (non-hydrogen) atoms. The smallest absolute Gasteiger partial charge is 0.321 e. The van der Waals surface area contributed by atoms with Gasteiger partial charge >= 0.3 is 11.9 Å².